The van der Waals surface area contributed by atoms with E-state index in [1.54, 1.807) is 0 Å². The fourth-order valence-electron chi connectivity index (χ4n) is 0.192. The maximum absolute atomic E-state index is 9.93. The Bertz CT molecular complexity index is 83.4. The first-order valence-corrected chi connectivity index (χ1v) is 2.39. The van der Waals surface area contributed by atoms with E-state index in [9.17, 15) is 4.79 Å². The molecule has 0 radical (unpaired) electrons. The number of rotatable bonds is 3. The number of nitrogens with two attached hydrogens (primary N) is 1. The average Bonchev–Trinajstić information content (AvgIpc) is 1.69. The lowest BCUT2D eigenvalue weighted by molar-refractivity contribution is -0.138. The van der Waals surface area contributed by atoms with E-state index >= 15 is 0 Å². The van der Waals surface area contributed by atoms with Gasteiger partial charge in [0.05, 0.1) is 0 Å². The van der Waals surface area contributed by atoms with Crippen LogP contribution in [0, 0.1) is 0 Å². The van der Waals surface area contributed by atoms with E-state index < -0.39 is 12.0 Å². The molecule has 0 heterocycles. The summed E-state index contributed by atoms with van der Waals surface area (Å²) in [7, 11) is 0. The highest BCUT2D eigenvalue weighted by molar-refractivity contribution is 6.14. The van der Waals surface area contributed by atoms with Gasteiger partial charge in [-0.2, -0.15) is 0 Å². The van der Waals surface area contributed by atoms with Crippen molar-refractivity contribution in [3.05, 3.63) is 0 Å². The third-order valence-electron chi connectivity index (χ3n) is 0.666. The fourth-order valence-corrected chi connectivity index (χ4v) is 0.374. The first-order valence-electron chi connectivity index (χ1n) is 2.01. The minimum atomic E-state index is -1.04. The normalized spacial score (nSPS) is 13.2. The summed E-state index contributed by atoms with van der Waals surface area (Å²) in [6.07, 6.45) is 0. The molecular formula is C3H7ClN2O2. The molecule has 0 spiro atoms. The van der Waals surface area contributed by atoms with Gasteiger partial charge in [-0.3, -0.25) is 4.79 Å². The minimum absolute atomic E-state index is 0.00116. The molecular weight excluding hydrogens is 131 g/mol. The van der Waals surface area contributed by atoms with Crippen LogP contribution >= 0.6 is 11.8 Å². The van der Waals surface area contributed by atoms with Gasteiger partial charge >= 0.3 is 5.97 Å². The summed E-state index contributed by atoms with van der Waals surface area (Å²) in [5, 5.41) is 8.15. The Morgan fingerprint density at radius 3 is 2.50 bits per heavy atom. The number of nitrogens with one attached hydrogen (secondary N) is 1. The van der Waals surface area contributed by atoms with Crippen LogP contribution < -0.4 is 10.6 Å². The molecule has 0 amide bonds. The van der Waals surface area contributed by atoms with Crippen molar-refractivity contribution in [3.63, 3.8) is 0 Å². The van der Waals surface area contributed by atoms with Crippen molar-refractivity contribution in [2.75, 3.05) is 6.54 Å². The summed E-state index contributed by atoms with van der Waals surface area (Å²) in [6, 6.07) is -0.836. The summed E-state index contributed by atoms with van der Waals surface area (Å²) >= 11 is 4.95. The van der Waals surface area contributed by atoms with Gasteiger partial charge in [0.2, 0.25) is 0 Å². The lowest BCUT2D eigenvalue weighted by atomic mass is 10.3. The van der Waals surface area contributed by atoms with Crippen LogP contribution in [0.2, 0.25) is 0 Å². The lowest BCUT2D eigenvalue weighted by Crippen LogP contribution is -2.37. The second kappa shape index (κ2) is 3.65. The predicted octanol–water partition coefficient (Wildman–Crippen LogP) is -0.858. The Kier molecular flexibility index (Phi) is 3.51. The van der Waals surface area contributed by atoms with Gasteiger partial charge in [0, 0.05) is 6.54 Å². The van der Waals surface area contributed by atoms with Crippen LogP contribution in [-0.2, 0) is 4.79 Å². The fraction of sp³-hybridized carbons (Fsp3) is 0.667. The Labute approximate surface area is 51.7 Å². The molecule has 0 aliphatic rings. The van der Waals surface area contributed by atoms with Crippen molar-refractivity contribution in [2.45, 2.75) is 6.04 Å². The molecule has 0 unspecified atom stereocenters. The Balaban J connectivity index is 3.52. The van der Waals surface area contributed by atoms with Crippen LogP contribution in [0.5, 0.6) is 0 Å². The van der Waals surface area contributed by atoms with Crippen molar-refractivity contribution in [1.29, 1.82) is 0 Å². The Hall–Kier alpha value is -0.320. The lowest BCUT2D eigenvalue weighted by Gasteiger charge is -2.02. The molecule has 4 N–H and O–H groups in total. The molecule has 48 valence electrons. The van der Waals surface area contributed by atoms with E-state index in [-0.39, 0.29) is 6.54 Å². The van der Waals surface area contributed by atoms with Crippen LogP contribution in [0.15, 0.2) is 0 Å². The van der Waals surface area contributed by atoms with Gasteiger partial charge in [-0.15, -0.1) is 0 Å². The topological polar surface area (TPSA) is 75.3 Å². The Morgan fingerprint density at radius 2 is 2.50 bits per heavy atom. The zero-order valence-electron chi connectivity index (χ0n) is 4.10. The summed E-state index contributed by atoms with van der Waals surface area (Å²) in [5.74, 6) is -1.04. The summed E-state index contributed by atoms with van der Waals surface area (Å²) < 4.78 is 0. The number of hydrogen-bond donors (Lipinski definition) is 3. The number of carboxylic acids is 1. The van der Waals surface area contributed by atoms with E-state index in [0.29, 0.717) is 0 Å². The van der Waals surface area contributed by atoms with Gasteiger partial charge in [-0.1, -0.05) is 0 Å². The number of aliphatic carboxylic acids is 1. The first kappa shape index (κ1) is 7.68. The molecule has 1 atom stereocenters. The second-order valence-electron chi connectivity index (χ2n) is 1.24. The molecule has 0 aromatic heterocycles. The second-order valence-corrected chi connectivity index (χ2v) is 1.45. The molecule has 0 bridgehead atoms. The van der Waals surface area contributed by atoms with Gasteiger partial charge in [0.1, 0.15) is 6.04 Å². The molecule has 5 heteroatoms. The maximum atomic E-state index is 9.93. The number of carbonyl (C=O) groups is 1. The monoisotopic (exact) mass is 138 g/mol. The van der Waals surface area contributed by atoms with Crippen molar-refractivity contribution in [2.24, 2.45) is 5.73 Å². The van der Waals surface area contributed by atoms with E-state index in [4.69, 9.17) is 22.6 Å². The van der Waals surface area contributed by atoms with Crippen LogP contribution in [0.1, 0.15) is 0 Å². The molecule has 4 nitrogen and oxygen atoms in total. The molecule has 0 saturated carbocycles. The van der Waals surface area contributed by atoms with Crippen molar-refractivity contribution in [1.82, 2.24) is 4.84 Å². The van der Waals surface area contributed by atoms with Gasteiger partial charge in [-0.25, -0.2) is 4.84 Å². The zero-order chi connectivity index (χ0) is 6.57. The average molecular weight is 139 g/mol. The largest absolute Gasteiger partial charge is 0.480 e. The van der Waals surface area contributed by atoms with Crippen molar-refractivity contribution in [3.8, 4) is 0 Å². The number of halogens is 1. The van der Waals surface area contributed by atoms with E-state index in [1.165, 1.54) is 0 Å². The molecule has 0 saturated heterocycles. The molecule has 0 aliphatic heterocycles. The molecule has 0 fully saturated rings. The predicted molar refractivity (Wildman–Crippen MR) is 29.5 cm³/mol. The third kappa shape index (κ3) is 2.11. The highest BCUT2D eigenvalue weighted by atomic mass is 35.5. The third-order valence-corrected chi connectivity index (χ3v) is 0.929. The van der Waals surface area contributed by atoms with Gasteiger partial charge < -0.3 is 10.8 Å². The van der Waals surface area contributed by atoms with Gasteiger partial charge in [0.15, 0.2) is 0 Å². The maximum Gasteiger partial charge on any atom is 0.323 e. The number of hydrogen-bond acceptors (Lipinski definition) is 3. The zero-order valence-corrected chi connectivity index (χ0v) is 4.85. The SMILES string of the molecule is NC[C@@H](NCl)C(=O)O. The summed E-state index contributed by atoms with van der Waals surface area (Å²) in [4.78, 5) is 11.9. The van der Waals surface area contributed by atoms with E-state index in [0.717, 1.165) is 0 Å². The summed E-state index contributed by atoms with van der Waals surface area (Å²) in [6.45, 7) is -0.00116. The molecule has 0 aromatic carbocycles. The standard InChI is InChI=1S/C3H7ClN2O2/c4-6-2(1-5)3(7)8/h2,6H,1,5H2,(H,7,8)/t2-/m1/s1. The van der Waals surface area contributed by atoms with Crippen molar-refractivity contribution < 1.29 is 9.90 Å². The summed E-state index contributed by atoms with van der Waals surface area (Å²) in [5.41, 5.74) is 4.96. The molecule has 0 aromatic rings. The first-order chi connectivity index (χ1) is 3.72. The van der Waals surface area contributed by atoms with Gasteiger partial charge in [0.25, 0.3) is 0 Å². The molecule has 0 aliphatic carbocycles. The molecule has 8 heavy (non-hydrogen) atoms. The number of carboxylic acid groups (broad SMARTS) is 1. The quantitative estimate of drug-likeness (QED) is 0.444. The Morgan fingerprint density at radius 1 is 2.00 bits per heavy atom. The van der Waals surface area contributed by atoms with Crippen LogP contribution in [0.25, 0.3) is 0 Å². The van der Waals surface area contributed by atoms with Crippen LogP contribution in [0.4, 0.5) is 0 Å². The van der Waals surface area contributed by atoms with E-state index in [2.05, 4.69) is 0 Å². The van der Waals surface area contributed by atoms with Crippen LogP contribution in [-0.4, -0.2) is 23.7 Å². The smallest absolute Gasteiger partial charge is 0.323 e. The molecule has 0 rings (SSSR count). The minimum Gasteiger partial charge on any atom is -0.480 e. The van der Waals surface area contributed by atoms with Gasteiger partial charge in [-0.05, 0) is 11.8 Å². The highest BCUT2D eigenvalue weighted by Gasteiger charge is 2.11. The van der Waals surface area contributed by atoms with E-state index in [1.807, 2.05) is 4.84 Å². The highest BCUT2D eigenvalue weighted by Crippen LogP contribution is 1.79. The van der Waals surface area contributed by atoms with Crippen LogP contribution in [0.3, 0.4) is 0 Å². The van der Waals surface area contributed by atoms with Crippen molar-refractivity contribution >= 4 is 17.7 Å².